The Kier molecular flexibility index (Phi) is 8.03. The molecule has 1 aliphatic heterocycles. The van der Waals surface area contributed by atoms with E-state index < -0.39 is 16.0 Å². The number of Topliss-reactive ketones (excluding diaryl/α,β-unsaturated/α-hetero) is 2. The highest BCUT2D eigenvalue weighted by Crippen LogP contribution is 2.56. The number of hydrogen-bond acceptors (Lipinski definition) is 6. The molecule has 0 amide bonds. The molecule has 0 aromatic heterocycles. The molecule has 0 saturated heterocycles. The Labute approximate surface area is 274 Å². The van der Waals surface area contributed by atoms with Gasteiger partial charge in [0, 0.05) is 58.4 Å². The van der Waals surface area contributed by atoms with Gasteiger partial charge in [-0.25, -0.2) is 0 Å². The summed E-state index contributed by atoms with van der Waals surface area (Å²) in [6, 6.07) is 20.7. The standard InChI is InChI=1S/C36H35Cl2NO5S/c1-35(2)17-27-32(29(40)19-35)31(25-15-23(37)16-26(38)34(25)44-45(42,43)24-13-9-6-10-14-24)33-28(18-36(3,4)20-30(33)41)39(27)21-22-11-7-5-8-12-22/h5-16,31H,17-21H2,1-4H3. The van der Waals surface area contributed by atoms with Crippen molar-refractivity contribution in [1.82, 2.24) is 4.90 Å². The quantitative estimate of drug-likeness (QED) is 0.246. The largest absolute Gasteiger partial charge is 0.377 e. The van der Waals surface area contributed by atoms with Crippen molar-refractivity contribution in [3.8, 4) is 5.75 Å². The van der Waals surface area contributed by atoms with Crippen molar-refractivity contribution < 1.29 is 22.2 Å². The van der Waals surface area contributed by atoms with E-state index in [0.717, 1.165) is 17.0 Å². The van der Waals surface area contributed by atoms with E-state index in [9.17, 15) is 18.0 Å². The molecule has 0 spiro atoms. The number of allylic oxidation sites excluding steroid dienone is 4. The molecule has 3 aliphatic rings. The van der Waals surface area contributed by atoms with Crippen molar-refractivity contribution in [1.29, 1.82) is 0 Å². The summed E-state index contributed by atoms with van der Waals surface area (Å²) in [5.74, 6) is -1.23. The minimum absolute atomic E-state index is 0.0276. The molecule has 1 heterocycles. The fourth-order valence-corrected chi connectivity index (χ4v) is 8.53. The second-order valence-corrected chi connectivity index (χ2v) is 16.2. The molecular weight excluding hydrogens is 629 g/mol. The SMILES string of the molecule is CC1(C)CC(=O)C2=C(C1)N(Cc1ccccc1)C1=C(C(=O)CC(C)(C)C1)C2c1cc(Cl)cc(Cl)c1OS(=O)(=O)c1ccccc1. The Morgan fingerprint density at radius 1 is 0.778 bits per heavy atom. The molecule has 0 radical (unpaired) electrons. The van der Waals surface area contributed by atoms with Gasteiger partial charge in [-0.1, -0.05) is 99.4 Å². The lowest BCUT2D eigenvalue weighted by Crippen LogP contribution is -2.44. The molecule has 6 rings (SSSR count). The summed E-state index contributed by atoms with van der Waals surface area (Å²) in [6.07, 6.45) is 1.73. The van der Waals surface area contributed by atoms with Gasteiger partial charge in [0.05, 0.1) is 5.02 Å². The fraction of sp³-hybridized carbons (Fsp3) is 0.333. The van der Waals surface area contributed by atoms with Crippen LogP contribution in [0.25, 0.3) is 0 Å². The Morgan fingerprint density at radius 2 is 1.29 bits per heavy atom. The average molecular weight is 665 g/mol. The molecule has 0 bridgehead atoms. The van der Waals surface area contributed by atoms with E-state index in [2.05, 4.69) is 32.6 Å². The first-order valence-electron chi connectivity index (χ1n) is 15.0. The highest BCUT2D eigenvalue weighted by Gasteiger charge is 2.50. The number of nitrogens with zero attached hydrogens (tertiary/aromatic N) is 1. The molecule has 0 saturated carbocycles. The maximum atomic E-state index is 14.3. The zero-order valence-electron chi connectivity index (χ0n) is 25.7. The topological polar surface area (TPSA) is 80.8 Å². The first-order chi connectivity index (χ1) is 21.2. The first kappa shape index (κ1) is 31.6. The molecule has 0 atom stereocenters. The van der Waals surface area contributed by atoms with Gasteiger partial charge in [-0.2, -0.15) is 8.42 Å². The number of carbonyl (C=O) groups excluding carboxylic acids is 2. The van der Waals surface area contributed by atoms with Crippen LogP contribution in [0.3, 0.4) is 0 Å². The van der Waals surface area contributed by atoms with Gasteiger partial charge in [0.2, 0.25) is 0 Å². The number of benzene rings is 3. The first-order valence-corrected chi connectivity index (χ1v) is 17.1. The zero-order valence-corrected chi connectivity index (χ0v) is 28.0. The summed E-state index contributed by atoms with van der Waals surface area (Å²) >= 11 is 13.3. The van der Waals surface area contributed by atoms with Gasteiger partial charge in [0.15, 0.2) is 17.3 Å². The number of ketones is 2. The predicted octanol–water partition coefficient (Wildman–Crippen LogP) is 8.65. The van der Waals surface area contributed by atoms with E-state index in [1.165, 1.54) is 18.2 Å². The molecule has 234 valence electrons. The van der Waals surface area contributed by atoms with Crippen molar-refractivity contribution in [3.05, 3.63) is 117 Å². The molecule has 0 unspecified atom stereocenters. The summed E-state index contributed by atoms with van der Waals surface area (Å²) in [5, 5.41) is 0.211. The van der Waals surface area contributed by atoms with Crippen LogP contribution in [0.5, 0.6) is 5.75 Å². The second kappa shape index (κ2) is 11.4. The highest BCUT2D eigenvalue weighted by molar-refractivity contribution is 7.87. The van der Waals surface area contributed by atoms with Crippen molar-refractivity contribution >= 4 is 44.9 Å². The van der Waals surface area contributed by atoms with Crippen LogP contribution in [0.4, 0.5) is 0 Å². The van der Waals surface area contributed by atoms with E-state index in [4.69, 9.17) is 27.4 Å². The molecule has 45 heavy (non-hydrogen) atoms. The number of halogens is 2. The van der Waals surface area contributed by atoms with Crippen molar-refractivity contribution in [3.63, 3.8) is 0 Å². The Hall–Kier alpha value is -3.39. The van der Waals surface area contributed by atoms with Crippen LogP contribution in [0.1, 0.15) is 70.4 Å². The Balaban J connectivity index is 1.62. The van der Waals surface area contributed by atoms with E-state index in [1.807, 2.05) is 30.3 Å². The minimum Gasteiger partial charge on any atom is -0.377 e. The highest BCUT2D eigenvalue weighted by atomic mass is 35.5. The summed E-state index contributed by atoms with van der Waals surface area (Å²) in [7, 11) is -4.32. The fourth-order valence-electron chi connectivity index (χ4n) is 6.94. The predicted molar refractivity (Wildman–Crippen MR) is 176 cm³/mol. The van der Waals surface area contributed by atoms with Crippen molar-refractivity contribution in [2.75, 3.05) is 0 Å². The van der Waals surface area contributed by atoms with Gasteiger partial charge in [-0.3, -0.25) is 9.59 Å². The number of hydrogen-bond donors (Lipinski definition) is 0. The van der Waals surface area contributed by atoms with E-state index >= 15 is 0 Å². The lowest BCUT2D eigenvalue weighted by atomic mass is 9.63. The van der Waals surface area contributed by atoms with Crippen molar-refractivity contribution in [2.45, 2.75) is 70.7 Å². The van der Waals surface area contributed by atoms with Crippen molar-refractivity contribution in [2.24, 2.45) is 10.8 Å². The number of carbonyl (C=O) groups is 2. The van der Waals surface area contributed by atoms with Crippen LogP contribution in [0, 0.1) is 10.8 Å². The molecular formula is C36H35Cl2NO5S. The molecule has 0 fully saturated rings. The Morgan fingerprint density at radius 3 is 1.82 bits per heavy atom. The lowest BCUT2D eigenvalue weighted by molar-refractivity contribution is -0.119. The van der Waals surface area contributed by atoms with Gasteiger partial charge in [-0.05, 0) is 53.5 Å². The molecule has 6 nitrogen and oxygen atoms in total. The van der Waals surface area contributed by atoms with Crippen LogP contribution in [-0.4, -0.2) is 24.9 Å². The summed E-state index contributed by atoms with van der Waals surface area (Å²) < 4.78 is 32.8. The van der Waals surface area contributed by atoms with Gasteiger partial charge >= 0.3 is 10.1 Å². The third-order valence-electron chi connectivity index (χ3n) is 8.78. The van der Waals surface area contributed by atoms with Crippen LogP contribution < -0.4 is 4.18 Å². The molecule has 2 aliphatic carbocycles. The summed E-state index contributed by atoms with van der Waals surface area (Å²) in [4.78, 5) is 30.7. The summed E-state index contributed by atoms with van der Waals surface area (Å²) in [6.45, 7) is 8.77. The van der Waals surface area contributed by atoms with Crippen LogP contribution in [0.2, 0.25) is 10.0 Å². The van der Waals surface area contributed by atoms with Gasteiger partial charge in [-0.15, -0.1) is 0 Å². The Bertz CT molecular complexity index is 1820. The van der Waals surface area contributed by atoms with Gasteiger partial charge in [0.25, 0.3) is 0 Å². The van der Waals surface area contributed by atoms with E-state index in [1.54, 1.807) is 24.3 Å². The van der Waals surface area contributed by atoms with E-state index in [-0.39, 0.29) is 61.5 Å². The van der Waals surface area contributed by atoms with Gasteiger partial charge < -0.3 is 9.08 Å². The average Bonchev–Trinajstić information content (AvgIpc) is 2.95. The third kappa shape index (κ3) is 6.10. The maximum Gasteiger partial charge on any atom is 0.339 e. The van der Waals surface area contributed by atoms with Crippen LogP contribution in [0.15, 0.2) is 100 Å². The molecule has 3 aromatic carbocycles. The molecule has 0 N–H and O–H groups in total. The maximum absolute atomic E-state index is 14.3. The minimum atomic E-state index is -4.32. The monoisotopic (exact) mass is 663 g/mol. The van der Waals surface area contributed by atoms with Gasteiger partial charge in [0.1, 0.15) is 4.90 Å². The van der Waals surface area contributed by atoms with E-state index in [0.29, 0.717) is 30.5 Å². The zero-order chi connectivity index (χ0) is 32.3. The molecule has 3 aromatic rings. The second-order valence-electron chi connectivity index (χ2n) is 13.8. The normalized spacial score (nSPS) is 19.8. The number of rotatable bonds is 6. The third-order valence-corrected chi connectivity index (χ3v) is 10.5. The van der Waals surface area contributed by atoms with Crippen LogP contribution in [-0.2, 0) is 26.3 Å². The lowest BCUT2D eigenvalue weighted by Gasteiger charge is -2.49. The summed E-state index contributed by atoms with van der Waals surface area (Å²) in [5.41, 5.74) is 3.28. The molecule has 9 heteroatoms. The van der Waals surface area contributed by atoms with Crippen LogP contribution >= 0.6 is 23.2 Å². The smallest absolute Gasteiger partial charge is 0.339 e.